The monoisotopic (exact) mass is 256 g/mol. The van der Waals surface area contributed by atoms with E-state index in [1.807, 2.05) is 12.3 Å². The van der Waals surface area contributed by atoms with E-state index in [0.717, 1.165) is 31.5 Å². The number of nitrogens with one attached hydrogen (secondary N) is 1. The van der Waals surface area contributed by atoms with Crippen LogP contribution in [0.2, 0.25) is 0 Å². The standard InChI is InChI=1S/C12H20N2O2S/c1-3-4-5-7-13-11(15)6-8-14-10(2)9-17-12(14)16/h9H,3-8H2,1-2H3,(H,13,15). The van der Waals surface area contributed by atoms with Crippen molar-refractivity contribution in [2.24, 2.45) is 0 Å². The highest BCUT2D eigenvalue weighted by atomic mass is 32.1. The molecule has 0 spiro atoms. The molecule has 1 aromatic rings. The van der Waals surface area contributed by atoms with Crippen LogP contribution in [-0.4, -0.2) is 17.0 Å². The number of carbonyl (C=O) groups excluding carboxylic acids is 1. The second-order valence-electron chi connectivity index (χ2n) is 4.10. The van der Waals surface area contributed by atoms with E-state index in [1.165, 1.54) is 11.3 Å². The predicted molar refractivity (Wildman–Crippen MR) is 70.5 cm³/mol. The van der Waals surface area contributed by atoms with Gasteiger partial charge in [0.25, 0.3) is 0 Å². The van der Waals surface area contributed by atoms with E-state index in [0.29, 0.717) is 13.0 Å². The summed E-state index contributed by atoms with van der Waals surface area (Å²) in [5.74, 6) is 0.0265. The molecule has 0 aliphatic carbocycles. The summed E-state index contributed by atoms with van der Waals surface area (Å²) in [7, 11) is 0. The Balaban J connectivity index is 2.26. The van der Waals surface area contributed by atoms with Crippen molar-refractivity contribution in [1.29, 1.82) is 0 Å². The topological polar surface area (TPSA) is 51.1 Å². The Hall–Kier alpha value is -1.10. The molecule has 0 aliphatic rings. The van der Waals surface area contributed by atoms with E-state index in [9.17, 15) is 9.59 Å². The van der Waals surface area contributed by atoms with Gasteiger partial charge in [0, 0.05) is 30.6 Å². The third-order valence-electron chi connectivity index (χ3n) is 2.64. The van der Waals surface area contributed by atoms with Crippen LogP contribution >= 0.6 is 11.3 Å². The third-order valence-corrected chi connectivity index (χ3v) is 3.52. The van der Waals surface area contributed by atoms with Gasteiger partial charge >= 0.3 is 4.87 Å². The first-order valence-corrected chi connectivity index (χ1v) is 6.94. The molecule has 0 aromatic carbocycles. The second kappa shape index (κ2) is 7.27. The molecule has 1 rings (SSSR count). The normalized spacial score (nSPS) is 10.5. The third kappa shape index (κ3) is 4.73. The number of rotatable bonds is 7. The number of aromatic nitrogens is 1. The fraction of sp³-hybridized carbons (Fsp3) is 0.667. The summed E-state index contributed by atoms with van der Waals surface area (Å²) < 4.78 is 1.65. The van der Waals surface area contributed by atoms with Gasteiger partial charge in [0.2, 0.25) is 5.91 Å². The summed E-state index contributed by atoms with van der Waals surface area (Å²) in [6, 6.07) is 0. The van der Waals surface area contributed by atoms with Crippen molar-refractivity contribution in [2.75, 3.05) is 6.54 Å². The average molecular weight is 256 g/mol. The second-order valence-corrected chi connectivity index (χ2v) is 4.92. The van der Waals surface area contributed by atoms with Crippen LogP contribution in [0.3, 0.4) is 0 Å². The number of amides is 1. The molecule has 0 atom stereocenters. The number of carbonyl (C=O) groups is 1. The van der Waals surface area contributed by atoms with Crippen LogP contribution in [0.1, 0.15) is 38.3 Å². The predicted octanol–water partition coefficient (Wildman–Crippen LogP) is 1.91. The van der Waals surface area contributed by atoms with Gasteiger partial charge in [-0.05, 0) is 13.3 Å². The highest BCUT2D eigenvalue weighted by Gasteiger charge is 2.05. The van der Waals surface area contributed by atoms with E-state index in [4.69, 9.17) is 0 Å². The lowest BCUT2D eigenvalue weighted by molar-refractivity contribution is -0.121. The Kier molecular flexibility index (Phi) is 5.97. The summed E-state index contributed by atoms with van der Waals surface area (Å²) in [5.41, 5.74) is 0.929. The lowest BCUT2D eigenvalue weighted by Crippen LogP contribution is -2.27. The molecule has 1 aromatic heterocycles. The Morgan fingerprint density at radius 1 is 1.47 bits per heavy atom. The van der Waals surface area contributed by atoms with Gasteiger partial charge in [-0.3, -0.25) is 9.59 Å². The first-order chi connectivity index (χ1) is 8.15. The molecule has 1 N–H and O–H groups in total. The van der Waals surface area contributed by atoms with Crippen LogP contribution in [0, 0.1) is 6.92 Å². The molecule has 4 nitrogen and oxygen atoms in total. The maximum Gasteiger partial charge on any atom is 0.307 e. The maximum atomic E-state index is 11.5. The van der Waals surface area contributed by atoms with Crippen LogP contribution in [0.5, 0.6) is 0 Å². The summed E-state index contributed by atoms with van der Waals surface area (Å²) >= 11 is 1.18. The molecule has 1 amide bonds. The smallest absolute Gasteiger partial charge is 0.307 e. The van der Waals surface area contributed by atoms with Crippen LogP contribution in [0.4, 0.5) is 0 Å². The highest BCUT2D eigenvalue weighted by molar-refractivity contribution is 7.07. The number of thiazole rings is 1. The van der Waals surface area contributed by atoms with E-state index in [2.05, 4.69) is 12.2 Å². The van der Waals surface area contributed by atoms with E-state index in [1.54, 1.807) is 4.57 Å². The minimum Gasteiger partial charge on any atom is -0.356 e. The molecule has 0 aliphatic heterocycles. The van der Waals surface area contributed by atoms with Gasteiger partial charge in [0.05, 0.1) is 0 Å². The van der Waals surface area contributed by atoms with Crippen LogP contribution < -0.4 is 10.2 Å². The minimum absolute atomic E-state index is 0.0151. The van der Waals surface area contributed by atoms with Crippen molar-refractivity contribution in [3.8, 4) is 0 Å². The van der Waals surface area contributed by atoms with Gasteiger partial charge in [-0.25, -0.2) is 0 Å². The zero-order chi connectivity index (χ0) is 12.7. The Bertz CT molecular complexity index is 409. The molecule has 96 valence electrons. The molecular weight excluding hydrogens is 236 g/mol. The van der Waals surface area contributed by atoms with E-state index in [-0.39, 0.29) is 10.8 Å². The minimum atomic E-state index is 0.0151. The number of hydrogen-bond donors (Lipinski definition) is 1. The first kappa shape index (κ1) is 14.0. The molecule has 0 unspecified atom stereocenters. The summed E-state index contributed by atoms with van der Waals surface area (Å²) in [6.45, 7) is 5.24. The number of hydrogen-bond acceptors (Lipinski definition) is 3. The van der Waals surface area contributed by atoms with Crippen LogP contribution in [0.15, 0.2) is 10.2 Å². The molecule has 0 radical (unpaired) electrons. The number of unbranched alkanes of at least 4 members (excludes halogenated alkanes) is 2. The molecule has 0 saturated carbocycles. The van der Waals surface area contributed by atoms with Crippen molar-refractivity contribution in [1.82, 2.24) is 9.88 Å². The average Bonchev–Trinajstić information content (AvgIpc) is 2.62. The largest absolute Gasteiger partial charge is 0.356 e. The maximum absolute atomic E-state index is 11.5. The van der Waals surface area contributed by atoms with Gasteiger partial charge in [0.15, 0.2) is 0 Å². The molecule has 0 saturated heterocycles. The van der Waals surface area contributed by atoms with Crippen molar-refractivity contribution >= 4 is 17.2 Å². The lowest BCUT2D eigenvalue weighted by Gasteiger charge is -2.06. The van der Waals surface area contributed by atoms with E-state index >= 15 is 0 Å². The Morgan fingerprint density at radius 2 is 2.24 bits per heavy atom. The van der Waals surface area contributed by atoms with Gasteiger partial charge in [0.1, 0.15) is 0 Å². The zero-order valence-electron chi connectivity index (χ0n) is 10.5. The zero-order valence-corrected chi connectivity index (χ0v) is 11.3. The van der Waals surface area contributed by atoms with Crippen LogP contribution in [0.25, 0.3) is 0 Å². The van der Waals surface area contributed by atoms with Crippen molar-refractivity contribution in [3.05, 3.63) is 20.7 Å². The van der Waals surface area contributed by atoms with E-state index < -0.39 is 0 Å². The van der Waals surface area contributed by atoms with Gasteiger partial charge in [-0.1, -0.05) is 31.1 Å². The molecular formula is C12H20N2O2S. The quantitative estimate of drug-likeness (QED) is 0.758. The van der Waals surface area contributed by atoms with Crippen molar-refractivity contribution in [3.63, 3.8) is 0 Å². The summed E-state index contributed by atoms with van der Waals surface area (Å²) in [5, 5.41) is 4.69. The summed E-state index contributed by atoms with van der Waals surface area (Å²) in [6.07, 6.45) is 3.70. The fourth-order valence-corrected chi connectivity index (χ4v) is 2.34. The molecule has 5 heteroatoms. The molecule has 1 heterocycles. The Morgan fingerprint density at radius 3 is 2.82 bits per heavy atom. The van der Waals surface area contributed by atoms with Gasteiger partial charge < -0.3 is 9.88 Å². The summed E-state index contributed by atoms with van der Waals surface area (Å²) in [4.78, 5) is 22.9. The number of nitrogens with zero attached hydrogens (tertiary/aromatic N) is 1. The van der Waals surface area contributed by atoms with Crippen molar-refractivity contribution in [2.45, 2.75) is 46.1 Å². The number of aryl methyl sites for hydroxylation is 1. The van der Waals surface area contributed by atoms with Crippen LogP contribution in [-0.2, 0) is 11.3 Å². The van der Waals surface area contributed by atoms with Crippen molar-refractivity contribution < 1.29 is 4.79 Å². The SMILES string of the molecule is CCCCCNC(=O)CCn1c(C)csc1=O. The molecule has 0 bridgehead atoms. The first-order valence-electron chi connectivity index (χ1n) is 6.06. The fourth-order valence-electron chi connectivity index (χ4n) is 1.58. The molecule has 17 heavy (non-hydrogen) atoms. The molecule has 0 fully saturated rings. The Labute approximate surface area is 106 Å². The van der Waals surface area contributed by atoms with Gasteiger partial charge in [-0.2, -0.15) is 0 Å². The lowest BCUT2D eigenvalue weighted by atomic mass is 10.2. The van der Waals surface area contributed by atoms with Gasteiger partial charge in [-0.15, -0.1) is 0 Å². The highest BCUT2D eigenvalue weighted by Crippen LogP contribution is 2.00.